The Balaban J connectivity index is 1.75. The van der Waals surface area contributed by atoms with Crippen molar-refractivity contribution < 1.29 is 4.42 Å². The SMILES string of the molecule is CCNC(=NCc1ccco1)NCCN1CCCCC1C. The number of furan rings is 1. The van der Waals surface area contributed by atoms with Crippen LogP contribution in [0, 0.1) is 0 Å². The molecule has 1 fully saturated rings. The highest BCUT2D eigenvalue weighted by Gasteiger charge is 2.17. The first-order valence-electron chi connectivity index (χ1n) is 8.08. The van der Waals surface area contributed by atoms with E-state index < -0.39 is 0 Å². The lowest BCUT2D eigenvalue weighted by atomic mass is 10.0. The monoisotopic (exact) mass is 292 g/mol. The molecule has 2 rings (SSSR count). The molecule has 0 aromatic carbocycles. The number of hydrogen-bond donors (Lipinski definition) is 2. The molecule has 5 heteroatoms. The minimum atomic E-state index is 0.572. The molecule has 0 saturated carbocycles. The van der Waals surface area contributed by atoms with E-state index in [1.807, 2.05) is 12.1 Å². The normalized spacial score (nSPS) is 20.5. The van der Waals surface area contributed by atoms with E-state index in [1.54, 1.807) is 6.26 Å². The quantitative estimate of drug-likeness (QED) is 0.623. The Morgan fingerprint density at radius 2 is 2.33 bits per heavy atom. The topological polar surface area (TPSA) is 52.8 Å². The number of hydrogen-bond acceptors (Lipinski definition) is 3. The molecule has 0 spiro atoms. The van der Waals surface area contributed by atoms with Gasteiger partial charge in [-0.15, -0.1) is 0 Å². The molecule has 1 aliphatic heterocycles. The fourth-order valence-electron chi connectivity index (χ4n) is 2.71. The highest BCUT2D eigenvalue weighted by molar-refractivity contribution is 5.79. The second-order valence-electron chi connectivity index (χ2n) is 5.58. The third kappa shape index (κ3) is 5.42. The standard InChI is InChI=1S/C16H28N4O/c1-3-17-16(19-13-15-8-6-12-21-15)18-9-11-20-10-5-4-7-14(20)2/h6,8,12,14H,3-5,7,9-11,13H2,1-2H3,(H2,17,18,19). The largest absolute Gasteiger partial charge is 0.467 e. The summed E-state index contributed by atoms with van der Waals surface area (Å²) in [5.74, 6) is 1.75. The van der Waals surface area contributed by atoms with E-state index in [1.165, 1.54) is 25.8 Å². The van der Waals surface area contributed by atoms with Crippen LogP contribution in [0.4, 0.5) is 0 Å². The molecule has 1 aromatic rings. The molecule has 118 valence electrons. The van der Waals surface area contributed by atoms with Gasteiger partial charge in [-0.2, -0.15) is 0 Å². The number of nitrogens with one attached hydrogen (secondary N) is 2. The van der Waals surface area contributed by atoms with E-state index in [9.17, 15) is 0 Å². The number of nitrogens with zero attached hydrogens (tertiary/aromatic N) is 2. The summed E-state index contributed by atoms with van der Waals surface area (Å²) in [6.45, 7) is 9.07. The fourth-order valence-corrected chi connectivity index (χ4v) is 2.71. The summed E-state index contributed by atoms with van der Waals surface area (Å²) in [6, 6.07) is 4.55. The molecule has 0 bridgehead atoms. The molecular formula is C16H28N4O. The summed E-state index contributed by atoms with van der Waals surface area (Å²) >= 11 is 0. The van der Waals surface area contributed by atoms with Crippen LogP contribution in [0.1, 0.15) is 38.9 Å². The van der Waals surface area contributed by atoms with E-state index in [4.69, 9.17) is 4.42 Å². The van der Waals surface area contributed by atoms with Gasteiger partial charge in [0, 0.05) is 25.7 Å². The van der Waals surface area contributed by atoms with Crippen LogP contribution in [0.2, 0.25) is 0 Å². The van der Waals surface area contributed by atoms with Crippen LogP contribution in [-0.2, 0) is 6.54 Å². The van der Waals surface area contributed by atoms with Crippen molar-refractivity contribution in [1.82, 2.24) is 15.5 Å². The van der Waals surface area contributed by atoms with E-state index in [2.05, 4.69) is 34.4 Å². The van der Waals surface area contributed by atoms with Gasteiger partial charge in [-0.25, -0.2) is 4.99 Å². The van der Waals surface area contributed by atoms with Crippen molar-refractivity contribution in [2.24, 2.45) is 4.99 Å². The van der Waals surface area contributed by atoms with E-state index in [0.29, 0.717) is 12.6 Å². The average Bonchev–Trinajstić information content (AvgIpc) is 3.00. The number of guanidine groups is 1. The maximum atomic E-state index is 5.30. The molecule has 2 heterocycles. The van der Waals surface area contributed by atoms with Crippen molar-refractivity contribution in [3.05, 3.63) is 24.2 Å². The molecule has 1 aromatic heterocycles. The summed E-state index contributed by atoms with van der Waals surface area (Å²) in [5, 5.41) is 6.68. The maximum absolute atomic E-state index is 5.30. The van der Waals surface area contributed by atoms with E-state index >= 15 is 0 Å². The highest BCUT2D eigenvalue weighted by atomic mass is 16.3. The Bertz CT molecular complexity index is 416. The molecule has 1 atom stereocenters. The van der Waals surface area contributed by atoms with Gasteiger partial charge in [0.05, 0.1) is 6.26 Å². The predicted molar refractivity (Wildman–Crippen MR) is 86.4 cm³/mol. The third-order valence-electron chi connectivity index (χ3n) is 3.95. The number of likely N-dealkylation sites (tertiary alicyclic amines) is 1. The van der Waals surface area contributed by atoms with E-state index in [0.717, 1.165) is 31.4 Å². The van der Waals surface area contributed by atoms with Crippen LogP contribution in [0.3, 0.4) is 0 Å². The Morgan fingerprint density at radius 3 is 3.05 bits per heavy atom. The summed E-state index contributed by atoms with van der Waals surface area (Å²) in [7, 11) is 0. The van der Waals surface area contributed by atoms with Crippen molar-refractivity contribution in [1.29, 1.82) is 0 Å². The van der Waals surface area contributed by atoms with Crippen molar-refractivity contribution in [3.63, 3.8) is 0 Å². The van der Waals surface area contributed by atoms with Crippen LogP contribution in [0.15, 0.2) is 27.8 Å². The molecule has 21 heavy (non-hydrogen) atoms. The molecule has 2 N–H and O–H groups in total. The molecule has 1 unspecified atom stereocenters. The first kappa shape index (κ1) is 15.9. The highest BCUT2D eigenvalue weighted by Crippen LogP contribution is 2.15. The molecule has 0 radical (unpaired) electrons. The zero-order valence-electron chi connectivity index (χ0n) is 13.3. The van der Waals surface area contributed by atoms with Crippen LogP contribution < -0.4 is 10.6 Å². The summed E-state index contributed by atoms with van der Waals surface area (Å²) in [4.78, 5) is 7.10. The second-order valence-corrected chi connectivity index (χ2v) is 5.58. The van der Waals surface area contributed by atoms with Gasteiger partial charge in [0.1, 0.15) is 12.3 Å². The van der Waals surface area contributed by atoms with Crippen molar-refractivity contribution in [2.75, 3.05) is 26.2 Å². The predicted octanol–water partition coefficient (Wildman–Crippen LogP) is 2.21. The van der Waals surface area contributed by atoms with Crippen LogP contribution >= 0.6 is 0 Å². The van der Waals surface area contributed by atoms with Gasteiger partial charge >= 0.3 is 0 Å². The van der Waals surface area contributed by atoms with Crippen molar-refractivity contribution in [3.8, 4) is 0 Å². The number of piperidine rings is 1. The maximum Gasteiger partial charge on any atom is 0.191 e. The third-order valence-corrected chi connectivity index (χ3v) is 3.95. The molecule has 0 amide bonds. The Hall–Kier alpha value is -1.49. The molecular weight excluding hydrogens is 264 g/mol. The lowest BCUT2D eigenvalue weighted by Crippen LogP contribution is -2.45. The van der Waals surface area contributed by atoms with Gasteiger partial charge < -0.3 is 15.1 Å². The minimum Gasteiger partial charge on any atom is -0.467 e. The van der Waals surface area contributed by atoms with Crippen molar-refractivity contribution in [2.45, 2.75) is 45.7 Å². The minimum absolute atomic E-state index is 0.572. The Morgan fingerprint density at radius 1 is 1.43 bits per heavy atom. The Kier molecular flexibility index (Phi) is 6.60. The first-order valence-corrected chi connectivity index (χ1v) is 8.08. The molecule has 1 aliphatic rings. The van der Waals surface area contributed by atoms with Gasteiger partial charge in [0.15, 0.2) is 5.96 Å². The van der Waals surface area contributed by atoms with Gasteiger partial charge in [0.25, 0.3) is 0 Å². The zero-order valence-corrected chi connectivity index (χ0v) is 13.3. The smallest absolute Gasteiger partial charge is 0.191 e. The number of aliphatic imine (C=N–C) groups is 1. The average molecular weight is 292 g/mol. The first-order chi connectivity index (χ1) is 10.3. The van der Waals surface area contributed by atoms with Crippen LogP contribution in [-0.4, -0.2) is 43.1 Å². The summed E-state index contributed by atoms with van der Waals surface area (Å²) < 4.78 is 5.30. The van der Waals surface area contributed by atoms with Gasteiger partial charge in [-0.05, 0) is 45.4 Å². The lowest BCUT2D eigenvalue weighted by Gasteiger charge is -2.33. The second kappa shape index (κ2) is 8.72. The Labute approximate surface area is 127 Å². The zero-order chi connectivity index (χ0) is 14.9. The fraction of sp³-hybridized carbons (Fsp3) is 0.688. The van der Waals surface area contributed by atoms with Gasteiger partial charge in [-0.1, -0.05) is 6.42 Å². The molecule has 5 nitrogen and oxygen atoms in total. The van der Waals surface area contributed by atoms with Gasteiger partial charge in [0.2, 0.25) is 0 Å². The number of rotatable bonds is 6. The van der Waals surface area contributed by atoms with Crippen LogP contribution in [0.5, 0.6) is 0 Å². The molecule has 0 aliphatic carbocycles. The van der Waals surface area contributed by atoms with Gasteiger partial charge in [-0.3, -0.25) is 4.90 Å². The summed E-state index contributed by atoms with van der Waals surface area (Å²) in [6.07, 6.45) is 5.71. The van der Waals surface area contributed by atoms with Crippen LogP contribution in [0.25, 0.3) is 0 Å². The van der Waals surface area contributed by atoms with E-state index in [-0.39, 0.29) is 0 Å². The summed E-state index contributed by atoms with van der Waals surface area (Å²) in [5.41, 5.74) is 0. The molecule has 1 saturated heterocycles. The van der Waals surface area contributed by atoms with Crippen molar-refractivity contribution >= 4 is 5.96 Å². The lowest BCUT2D eigenvalue weighted by molar-refractivity contribution is 0.163.